The Hall–Kier alpha value is -1.35. The topological polar surface area (TPSA) is 52.8 Å². The lowest BCUT2D eigenvalue weighted by molar-refractivity contribution is -0.147. The summed E-state index contributed by atoms with van der Waals surface area (Å²) in [4.78, 5) is 4.64. The fourth-order valence-corrected chi connectivity index (χ4v) is 8.56. The molecule has 0 spiro atoms. The Morgan fingerprint density at radius 1 is 0.967 bits per heavy atom. The average Bonchev–Trinajstić information content (AvgIpc) is 3.00. The molecule has 3 nitrogen and oxygen atoms in total. The van der Waals surface area contributed by atoms with Crippen molar-refractivity contribution in [3.63, 3.8) is 0 Å². The lowest BCUT2D eigenvalue weighted by Crippen LogP contribution is -2.56. The summed E-state index contributed by atoms with van der Waals surface area (Å²) in [6, 6.07) is 7.29. The largest absolute Gasteiger partial charge is 0.507 e. The lowest BCUT2D eigenvalue weighted by Gasteiger charge is -2.61. The van der Waals surface area contributed by atoms with Crippen molar-refractivity contribution in [1.29, 1.82) is 0 Å². The van der Waals surface area contributed by atoms with E-state index < -0.39 is 5.60 Å². The highest BCUT2D eigenvalue weighted by Crippen LogP contribution is 2.68. The van der Waals surface area contributed by atoms with Gasteiger partial charge in [0.15, 0.2) is 0 Å². The number of phenolic OH excluding ortho intramolecular Hbond substituents is 1. The van der Waals surface area contributed by atoms with Crippen LogP contribution in [0.5, 0.6) is 5.75 Å². The van der Waals surface area contributed by atoms with Gasteiger partial charge >= 0.3 is 0 Å². The first kappa shape index (κ1) is 20.5. The van der Waals surface area contributed by atoms with E-state index in [-0.39, 0.29) is 11.2 Å². The maximum Gasteiger partial charge on any atom is 0.124 e. The number of phenols is 1. The van der Waals surface area contributed by atoms with E-state index in [0.717, 1.165) is 42.6 Å². The van der Waals surface area contributed by atoms with Crippen LogP contribution in [0.4, 0.5) is 0 Å². The summed E-state index contributed by atoms with van der Waals surface area (Å²) in [6.45, 7) is 5.44. The second-order valence-corrected chi connectivity index (χ2v) is 11.5. The first-order valence-corrected chi connectivity index (χ1v) is 12.4. The van der Waals surface area contributed by atoms with E-state index in [1.165, 1.54) is 44.9 Å². The number of benzene rings is 1. The van der Waals surface area contributed by atoms with Gasteiger partial charge in [-0.15, -0.1) is 0 Å². The summed E-state index contributed by atoms with van der Waals surface area (Å²) in [6.07, 6.45) is 14.7. The summed E-state index contributed by atoms with van der Waals surface area (Å²) >= 11 is 0. The minimum atomic E-state index is -0.714. The molecule has 5 rings (SSSR count). The summed E-state index contributed by atoms with van der Waals surface area (Å²) in [5.41, 5.74) is 0.537. The van der Waals surface area contributed by atoms with E-state index in [1.54, 1.807) is 12.3 Å². The first-order valence-electron chi connectivity index (χ1n) is 12.4. The Morgan fingerprint density at radius 2 is 1.77 bits per heavy atom. The molecule has 4 aliphatic rings. The number of hydrogen-bond acceptors (Lipinski definition) is 3. The van der Waals surface area contributed by atoms with Crippen molar-refractivity contribution in [2.75, 3.05) is 6.54 Å². The van der Waals surface area contributed by atoms with Gasteiger partial charge in [-0.2, -0.15) is 0 Å². The maximum absolute atomic E-state index is 11.8. The van der Waals surface area contributed by atoms with Gasteiger partial charge in [-0.1, -0.05) is 38.8 Å². The molecule has 1 aromatic rings. The molecule has 3 heteroatoms. The predicted molar refractivity (Wildman–Crippen MR) is 122 cm³/mol. The molecule has 4 saturated carbocycles. The minimum Gasteiger partial charge on any atom is -0.507 e. The van der Waals surface area contributed by atoms with Gasteiger partial charge in [0.25, 0.3) is 0 Å². The monoisotopic (exact) mass is 409 g/mol. The van der Waals surface area contributed by atoms with Gasteiger partial charge in [0.1, 0.15) is 5.75 Å². The average molecular weight is 410 g/mol. The molecule has 0 aliphatic heterocycles. The number of fused-ring (bicyclic) bond motifs is 5. The lowest BCUT2D eigenvalue weighted by atomic mass is 9.44. The number of rotatable bonds is 3. The molecule has 7 atom stereocenters. The molecule has 0 radical (unpaired) electrons. The van der Waals surface area contributed by atoms with Crippen LogP contribution < -0.4 is 0 Å². The van der Waals surface area contributed by atoms with Gasteiger partial charge in [0.05, 0.1) is 12.1 Å². The molecule has 30 heavy (non-hydrogen) atoms. The molecule has 0 heterocycles. The van der Waals surface area contributed by atoms with Crippen molar-refractivity contribution in [1.82, 2.24) is 0 Å². The quantitative estimate of drug-likeness (QED) is 0.604. The normalized spacial score (nSPS) is 45.7. The van der Waals surface area contributed by atoms with Gasteiger partial charge in [-0.05, 0) is 92.6 Å². The fourth-order valence-electron chi connectivity index (χ4n) is 8.56. The first-order chi connectivity index (χ1) is 14.4. The predicted octanol–water partition coefficient (Wildman–Crippen LogP) is 5.98. The minimum absolute atomic E-state index is 0.0257. The fraction of sp³-hybridized carbons (Fsp3) is 0.741. The zero-order valence-corrected chi connectivity index (χ0v) is 18.8. The van der Waals surface area contributed by atoms with Gasteiger partial charge in [-0.25, -0.2) is 0 Å². The zero-order valence-electron chi connectivity index (χ0n) is 18.8. The summed E-state index contributed by atoms with van der Waals surface area (Å²) in [5, 5.41) is 21.8. The van der Waals surface area contributed by atoms with Gasteiger partial charge in [-0.3, -0.25) is 4.99 Å². The van der Waals surface area contributed by atoms with E-state index in [9.17, 15) is 10.2 Å². The van der Waals surface area contributed by atoms with E-state index in [1.807, 2.05) is 18.2 Å². The van der Waals surface area contributed by atoms with Crippen LogP contribution in [0.15, 0.2) is 29.3 Å². The molecule has 0 amide bonds. The number of aliphatic hydroxyl groups is 1. The molecule has 4 fully saturated rings. The van der Waals surface area contributed by atoms with Gasteiger partial charge in [0.2, 0.25) is 0 Å². The molecule has 0 aromatic heterocycles. The molecular weight excluding hydrogens is 370 g/mol. The summed E-state index contributed by atoms with van der Waals surface area (Å²) in [5.74, 6) is 3.49. The van der Waals surface area contributed by atoms with E-state index in [4.69, 9.17) is 0 Å². The Bertz CT molecular complexity index is 821. The number of aliphatic imine (C=N–C) groups is 1. The van der Waals surface area contributed by atoms with Crippen LogP contribution in [0.3, 0.4) is 0 Å². The molecule has 0 saturated heterocycles. The van der Waals surface area contributed by atoms with Crippen LogP contribution in [0.2, 0.25) is 0 Å². The van der Waals surface area contributed by atoms with Crippen LogP contribution in [0, 0.1) is 34.5 Å². The third kappa shape index (κ3) is 2.98. The standard InChI is InChI=1S/C27H39NO2/c1-25-14-6-5-8-20(25)10-11-21-22(25)12-15-26(2)23(21)13-16-27(26,30)18-28-17-19-7-3-4-9-24(19)29/h3-4,7,9,17,20-23,29-30H,5-6,8,10-16,18H2,1-2H3. The number of para-hydroxylation sites is 1. The third-order valence-corrected chi connectivity index (χ3v) is 10.4. The summed E-state index contributed by atoms with van der Waals surface area (Å²) < 4.78 is 0. The Kier molecular flexibility index (Phi) is 5.04. The van der Waals surface area contributed by atoms with Crippen LogP contribution >= 0.6 is 0 Å². The van der Waals surface area contributed by atoms with E-state index in [0.29, 0.717) is 17.9 Å². The molecule has 0 bridgehead atoms. The van der Waals surface area contributed by atoms with Crippen molar-refractivity contribution in [3.8, 4) is 5.75 Å². The molecule has 7 unspecified atom stereocenters. The molecule has 1 aromatic carbocycles. The Labute approximate surface area is 182 Å². The van der Waals surface area contributed by atoms with Crippen LogP contribution in [0.1, 0.15) is 83.6 Å². The highest BCUT2D eigenvalue weighted by molar-refractivity contribution is 5.83. The number of nitrogens with zero attached hydrogens (tertiary/aromatic N) is 1. The van der Waals surface area contributed by atoms with E-state index in [2.05, 4.69) is 18.8 Å². The SMILES string of the molecule is CC12CCCCC1CCC1C2CCC2(C)C1CCC2(O)CN=Cc1ccccc1O. The molecular formula is C27H39NO2. The van der Waals surface area contributed by atoms with Gasteiger partial charge < -0.3 is 10.2 Å². The second kappa shape index (κ2) is 7.36. The Balaban J connectivity index is 1.35. The van der Waals surface area contributed by atoms with Crippen molar-refractivity contribution < 1.29 is 10.2 Å². The molecule has 2 N–H and O–H groups in total. The number of hydrogen-bond donors (Lipinski definition) is 2. The maximum atomic E-state index is 11.8. The smallest absolute Gasteiger partial charge is 0.124 e. The van der Waals surface area contributed by atoms with Crippen molar-refractivity contribution >= 4 is 6.21 Å². The van der Waals surface area contributed by atoms with Crippen LogP contribution in [0.25, 0.3) is 0 Å². The van der Waals surface area contributed by atoms with Gasteiger partial charge in [0, 0.05) is 17.2 Å². The summed E-state index contributed by atoms with van der Waals surface area (Å²) in [7, 11) is 0. The van der Waals surface area contributed by atoms with Crippen molar-refractivity contribution in [3.05, 3.63) is 29.8 Å². The third-order valence-electron chi connectivity index (χ3n) is 10.4. The zero-order chi connectivity index (χ0) is 21.0. The van der Waals surface area contributed by atoms with Crippen molar-refractivity contribution in [2.24, 2.45) is 39.5 Å². The molecule has 164 valence electrons. The van der Waals surface area contributed by atoms with Crippen LogP contribution in [-0.2, 0) is 0 Å². The number of aromatic hydroxyl groups is 1. The van der Waals surface area contributed by atoms with Crippen LogP contribution in [-0.4, -0.2) is 28.6 Å². The second-order valence-electron chi connectivity index (χ2n) is 11.5. The molecule has 4 aliphatic carbocycles. The van der Waals surface area contributed by atoms with E-state index >= 15 is 0 Å². The Morgan fingerprint density at radius 3 is 2.60 bits per heavy atom. The highest BCUT2D eigenvalue weighted by Gasteiger charge is 2.64. The highest BCUT2D eigenvalue weighted by atomic mass is 16.3. The van der Waals surface area contributed by atoms with Crippen molar-refractivity contribution in [2.45, 2.75) is 83.7 Å².